The van der Waals surface area contributed by atoms with Crippen LogP contribution in [-0.2, 0) is 34.1 Å². The standard InChI is InChI=1S/C25H31N2O10P/c1-4-35-22(28)15-21(18-11-13-20(14-12-18)27(32)33)23(25(30)31)26-24(29)19-9-7-17(8-10-19)16-38(34,36-5-2)37-6-3/h7-14,21,23H,4-6,15-16H2,1-3H3,(H,26,29)(H,30,31)/t21-,23+/m0/s1. The maximum Gasteiger partial charge on any atom is 0.335 e. The molecule has 12 nitrogen and oxygen atoms in total. The molecule has 0 saturated carbocycles. The van der Waals surface area contributed by atoms with Crippen molar-refractivity contribution in [3.8, 4) is 0 Å². The molecule has 2 aromatic carbocycles. The van der Waals surface area contributed by atoms with E-state index in [1.165, 1.54) is 36.4 Å². The first-order valence-corrected chi connectivity index (χ1v) is 13.7. The number of non-ortho nitro benzene ring substituents is 1. The lowest BCUT2D eigenvalue weighted by atomic mass is 9.88. The minimum atomic E-state index is -3.36. The molecule has 0 saturated heterocycles. The average Bonchev–Trinajstić information content (AvgIpc) is 2.86. The van der Waals surface area contributed by atoms with Crippen molar-refractivity contribution in [3.05, 3.63) is 75.3 Å². The fourth-order valence-corrected chi connectivity index (χ4v) is 5.44. The molecule has 2 N–H and O–H groups in total. The number of hydrogen-bond donors (Lipinski definition) is 2. The summed E-state index contributed by atoms with van der Waals surface area (Å²) in [5.74, 6) is -3.89. The van der Waals surface area contributed by atoms with Crippen LogP contribution in [0.4, 0.5) is 5.69 Å². The number of hydrogen-bond acceptors (Lipinski definition) is 9. The van der Waals surface area contributed by atoms with Crippen LogP contribution in [0.3, 0.4) is 0 Å². The van der Waals surface area contributed by atoms with Crippen LogP contribution in [-0.4, -0.2) is 53.7 Å². The van der Waals surface area contributed by atoms with Gasteiger partial charge in [0.25, 0.3) is 11.6 Å². The molecule has 0 unspecified atom stereocenters. The normalized spacial score (nSPS) is 12.8. The fourth-order valence-electron chi connectivity index (χ4n) is 3.74. The number of nitro benzene ring substituents is 1. The van der Waals surface area contributed by atoms with Crippen LogP contribution in [0.15, 0.2) is 48.5 Å². The number of carbonyl (C=O) groups excluding carboxylic acids is 2. The first-order chi connectivity index (χ1) is 18.0. The van der Waals surface area contributed by atoms with E-state index >= 15 is 0 Å². The summed E-state index contributed by atoms with van der Waals surface area (Å²) in [5, 5.41) is 23.4. The van der Waals surface area contributed by atoms with Crippen molar-refractivity contribution in [2.45, 2.75) is 45.3 Å². The molecule has 38 heavy (non-hydrogen) atoms. The highest BCUT2D eigenvalue weighted by molar-refractivity contribution is 7.53. The Hall–Kier alpha value is -3.60. The Balaban J connectivity index is 2.29. The van der Waals surface area contributed by atoms with Crippen molar-refractivity contribution in [2.75, 3.05) is 19.8 Å². The van der Waals surface area contributed by atoms with Crippen LogP contribution < -0.4 is 5.32 Å². The summed E-state index contributed by atoms with van der Waals surface area (Å²) in [7, 11) is -3.36. The molecule has 2 rings (SSSR count). The molecule has 0 spiro atoms. The Morgan fingerprint density at radius 1 is 0.974 bits per heavy atom. The molecule has 0 fully saturated rings. The highest BCUT2D eigenvalue weighted by atomic mass is 31.2. The van der Waals surface area contributed by atoms with Crippen LogP contribution in [0.2, 0.25) is 0 Å². The van der Waals surface area contributed by atoms with Gasteiger partial charge in [-0.1, -0.05) is 24.3 Å². The van der Waals surface area contributed by atoms with Gasteiger partial charge in [-0.25, -0.2) is 4.79 Å². The molecule has 0 bridgehead atoms. The lowest BCUT2D eigenvalue weighted by Gasteiger charge is -2.25. The minimum absolute atomic E-state index is 0.00388. The van der Waals surface area contributed by atoms with Crippen molar-refractivity contribution in [3.63, 3.8) is 0 Å². The molecular weight excluding hydrogens is 519 g/mol. The molecule has 0 aliphatic carbocycles. The summed E-state index contributed by atoms with van der Waals surface area (Å²) in [4.78, 5) is 47.8. The van der Waals surface area contributed by atoms with Crippen molar-refractivity contribution in [1.82, 2.24) is 5.32 Å². The van der Waals surface area contributed by atoms with E-state index in [2.05, 4.69) is 5.32 Å². The summed E-state index contributed by atoms with van der Waals surface area (Å²) in [6, 6.07) is 9.51. The number of aliphatic carboxylic acids is 1. The maximum atomic E-state index is 13.0. The monoisotopic (exact) mass is 550 g/mol. The van der Waals surface area contributed by atoms with Crippen molar-refractivity contribution < 1.29 is 42.8 Å². The summed E-state index contributed by atoms with van der Waals surface area (Å²) >= 11 is 0. The molecule has 1 amide bonds. The Morgan fingerprint density at radius 3 is 2.03 bits per heavy atom. The van der Waals surface area contributed by atoms with Gasteiger partial charge in [0.2, 0.25) is 0 Å². The van der Waals surface area contributed by atoms with E-state index in [4.69, 9.17) is 13.8 Å². The minimum Gasteiger partial charge on any atom is -0.480 e. The number of ether oxygens (including phenoxy) is 1. The first kappa shape index (κ1) is 30.6. The Bertz CT molecular complexity index is 1160. The zero-order valence-electron chi connectivity index (χ0n) is 21.3. The highest BCUT2D eigenvalue weighted by Gasteiger charge is 2.34. The third kappa shape index (κ3) is 8.76. The number of nitrogens with one attached hydrogen (secondary N) is 1. The molecule has 0 heterocycles. The Morgan fingerprint density at radius 2 is 1.55 bits per heavy atom. The molecule has 2 atom stereocenters. The zero-order chi connectivity index (χ0) is 28.3. The number of carbonyl (C=O) groups is 3. The van der Waals surface area contributed by atoms with E-state index in [1.54, 1.807) is 32.9 Å². The average molecular weight is 551 g/mol. The van der Waals surface area contributed by atoms with Gasteiger partial charge in [-0.05, 0) is 44.0 Å². The molecule has 13 heteroatoms. The number of esters is 1. The van der Waals surface area contributed by atoms with E-state index in [9.17, 15) is 34.2 Å². The Kier molecular flexibility index (Phi) is 11.6. The molecule has 0 radical (unpaired) electrons. The van der Waals surface area contributed by atoms with Gasteiger partial charge in [0.05, 0.1) is 37.3 Å². The third-order valence-corrected chi connectivity index (χ3v) is 7.48. The topological polar surface area (TPSA) is 171 Å². The summed E-state index contributed by atoms with van der Waals surface area (Å²) in [6.45, 7) is 5.47. The van der Waals surface area contributed by atoms with Crippen molar-refractivity contribution in [2.24, 2.45) is 0 Å². The van der Waals surface area contributed by atoms with Crippen molar-refractivity contribution >= 4 is 31.1 Å². The van der Waals surface area contributed by atoms with E-state index in [1.807, 2.05) is 0 Å². The number of nitro groups is 1. The SMILES string of the molecule is CCOC(=O)C[C@@H](c1ccc([N+](=O)[O-])cc1)[C@@H](NC(=O)c1ccc(CP(=O)(OCC)OCC)cc1)C(=O)O. The molecular formula is C25H31N2O10P. The predicted octanol–water partition coefficient (Wildman–Crippen LogP) is 4.28. The lowest BCUT2D eigenvalue weighted by molar-refractivity contribution is -0.384. The molecule has 0 aromatic heterocycles. The Labute approximate surface area is 220 Å². The summed E-state index contributed by atoms with van der Waals surface area (Å²) in [5.41, 5.74) is 0.807. The number of amides is 1. The van der Waals surface area contributed by atoms with Crippen LogP contribution in [0.5, 0.6) is 0 Å². The second kappa shape index (κ2) is 14.4. The van der Waals surface area contributed by atoms with Crippen LogP contribution in [0.25, 0.3) is 0 Å². The maximum absolute atomic E-state index is 13.0. The second-order valence-electron chi connectivity index (χ2n) is 8.06. The largest absolute Gasteiger partial charge is 0.480 e. The third-order valence-electron chi connectivity index (χ3n) is 5.42. The lowest BCUT2D eigenvalue weighted by Crippen LogP contribution is -2.45. The summed E-state index contributed by atoms with van der Waals surface area (Å²) < 4.78 is 28.3. The van der Waals surface area contributed by atoms with Crippen LogP contribution in [0.1, 0.15) is 54.6 Å². The van der Waals surface area contributed by atoms with E-state index in [0.717, 1.165) is 0 Å². The smallest absolute Gasteiger partial charge is 0.335 e. The second-order valence-corrected chi connectivity index (χ2v) is 10.1. The highest BCUT2D eigenvalue weighted by Crippen LogP contribution is 2.51. The fraction of sp³-hybridized carbons (Fsp3) is 0.400. The molecule has 0 aliphatic rings. The van der Waals surface area contributed by atoms with Crippen LogP contribution in [0, 0.1) is 10.1 Å². The van der Waals surface area contributed by atoms with Crippen LogP contribution >= 0.6 is 7.60 Å². The van der Waals surface area contributed by atoms with Gasteiger partial charge in [-0.3, -0.25) is 24.3 Å². The van der Waals surface area contributed by atoms with E-state index in [0.29, 0.717) is 11.1 Å². The van der Waals surface area contributed by atoms with E-state index < -0.39 is 42.3 Å². The number of carboxylic acids is 1. The first-order valence-electron chi connectivity index (χ1n) is 11.9. The number of benzene rings is 2. The number of nitrogens with zero attached hydrogens (tertiary/aromatic N) is 1. The summed E-state index contributed by atoms with van der Waals surface area (Å²) in [6.07, 6.45) is -0.387. The zero-order valence-corrected chi connectivity index (χ0v) is 22.2. The quantitative estimate of drug-likeness (QED) is 0.141. The van der Waals surface area contributed by atoms with Gasteiger partial charge in [0.15, 0.2) is 0 Å². The number of rotatable bonds is 15. The van der Waals surface area contributed by atoms with Gasteiger partial charge < -0.3 is 24.2 Å². The van der Waals surface area contributed by atoms with Gasteiger partial charge >= 0.3 is 19.5 Å². The molecule has 0 aliphatic heterocycles. The number of carboxylic acid groups (broad SMARTS) is 1. The molecule has 206 valence electrons. The van der Waals surface area contributed by atoms with Gasteiger partial charge in [0, 0.05) is 23.6 Å². The van der Waals surface area contributed by atoms with Gasteiger partial charge in [-0.15, -0.1) is 0 Å². The van der Waals surface area contributed by atoms with E-state index in [-0.39, 0.29) is 43.7 Å². The molecule has 2 aromatic rings. The van der Waals surface area contributed by atoms with Crippen molar-refractivity contribution in [1.29, 1.82) is 0 Å². The van der Waals surface area contributed by atoms with Gasteiger partial charge in [-0.2, -0.15) is 0 Å². The predicted molar refractivity (Wildman–Crippen MR) is 137 cm³/mol. The van der Waals surface area contributed by atoms with Gasteiger partial charge in [0.1, 0.15) is 6.04 Å².